The number of halogens is 3. The zero-order chi connectivity index (χ0) is 16.7. The zero-order valence-electron chi connectivity index (χ0n) is 12.5. The van der Waals surface area contributed by atoms with Crippen LogP contribution in [0.3, 0.4) is 0 Å². The highest BCUT2D eigenvalue weighted by atomic mass is 32.2. The number of nitrogens with one attached hydrogen (secondary N) is 1. The molecule has 0 saturated carbocycles. The summed E-state index contributed by atoms with van der Waals surface area (Å²) < 4.78 is 62.1. The van der Waals surface area contributed by atoms with Gasteiger partial charge in [0.25, 0.3) is 0 Å². The molecule has 3 saturated heterocycles. The second kappa shape index (κ2) is 5.98. The summed E-state index contributed by atoms with van der Waals surface area (Å²) in [7, 11) is -4.44. The molecule has 1 atom stereocenters. The zero-order valence-corrected chi connectivity index (χ0v) is 13.3. The Labute approximate surface area is 133 Å². The third-order valence-electron chi connectivity index (χ3n) is 4.60. The lowest BCUT2D eigenvalue weighted by atomic mass is 9.75. The van der Waals surface area contributed by atoms with Gasteiger partial charge in [0, 0.05) is 12.2 Å². The molecule has 0 aliphatic carbocycles. The molecule has 3 heterocycles. The van der Waals surface area contributed by atoms with Gasteiger partial charge in [-0.15, -0.1) is 0 Å². The van der Waals surface area contributed by atoms with E-state index in [0.29, 0.717) is 11.8 Å². The van der Waals surface area contributed by atoms with Crippen LogP contribution in [0.25, 0.3) is 0 Å². The molecule has 128 valence electrons. The highest BCUT2D eigenvalue weighted by Crippen LogP contribution is 2.39. The van der Waals surface area contributed by atoms with Crippen molar-refractivity contribution in [2.45, 2.75) is 24.9 Å². The van der Waals surface area contributed by atoms with Gasteiger partial charge < -0.3 is 4.90 Å². The lowest BCUT2D eigenvalue weighted by Gasteiger charge is -2.45. The third kappa shape index (κ3) is 4.17. The molecule has 0 spiro atoms. The Morgan fingerprint density at radius 3 is 2.48 bits per heavy atom. The quantitative estimate of drug-likeness (QED) is 0.910. The van der Waals surface area contributed by atoms with E-state index in [1.807, 2.05) is 10.8 Å². The van der Waals surface area contributed by atoms with E-state index in [4.69, 9.17) is 0 Å². The maximum Gasteiger partial charge on any atom is 0.404 e. The predicted octanol–water partition coefficient (Wildman–Crippen LogP) is 2.80. The number of fused-ring (bicyclic) bond motifs is 3. The van der Waals surface area contributed by atoms with Crippen LogP contribution in [-0.2, 0) is 10.0 Å². The summed E-state index contributed by atoms with van der Waals surface area (Å²) >= 11 is 0. The van der Waals surface area contributed by atoms with Gasteiger partial charge in [0.1, 0.15) is 0 Å². The average Bonchev–Trinajstić information content (AvgIpc) is 2.45. The van der Waals surface area contributed by atoms with E-state index in [2.05, 4.69) is 4.90 Å². The third-order valence-corrected chi connectivity index (χ3v) is 5.85. The van der Waals surface area contributed by atoms with Gasteiger partial charge in [0.05, 0.1) is 0 Å². The maximum absolute atomic E-state index is 12.3. The van der Waals surface area contributed by atoms with Crippen molar-refractivity contribution in [1.29, 1.82) is 0 Å². The summed E-state index contributed by atoms with van der Waals surface area (Å²) in [5, 5.41) is 0. The van der Waals surface area contributed by atoms with Crippen molar-refractivity contribution < 1.29 is 21.6 Å². The summed E-state index contributed by atoms with van der Waals surface area (Å²) in [4.78, 5) is 2.38. The first-order chi connectivity index (χ1) is 10.7. The second-order valence-electron chi connectivity index (χ2n) is 6.35. The minimum atomic E-state index is -4.75. The smallest absolute Gasteiger partial charge is 0.303 e. The molecule has 0 radical (unpaired) electrons. The van der Waals surface area contributed by atoms with Gasteiger partial charge in [-0.25, -0.2) is 8.42 Å². The van der Waals surface area contributed by atoms with Gasteiger partial charge >= 0.3 is 6.18 Å². The van der Waals surface area contributed by atoms with Crippen LogP contribution in [0.2, 0.25) is 0 Å². The van der Waals surface area contributed by atoms with Gasteiger partial charge in [-0.05, 0) is 55.5 Å². The fraction of sp³-hybridized carbons (Fsp3) is 0.600. The Hall–Kier alpha value is -1.28. The van der Waals surface area contributed by atoms with Crippen LogP contribution in [0.1, 0.15) is 24.3 Å². The van der Waals surface area contributed by atoms with Gasteiger partial charge in [-0.3, -0.25) is 4.72 Å². The maximum atomic E-state index is 12.3. The molecule has 0 aromatic heterocycles. The molecule has 4 rings (SSSR count). The van der Waals surface area contributed by atoms with E-state index in [0.717, 1.165) is 38.0 Å². The summed E-state index contributed by atoms with van der Waals surface area (Å²) in [6.45, 7) is 3.13. The topological polar surface area (TPSA) is 49.4 Å². The van der Waals surface area contributed by atoms with Crippen LogP contribution in [0, 0.1) is 5.92 Å². The lowest BCUT2D eigenvalue weighted by molar-refractivity contribution is -0.106. The molecule has 1 aromatic rings. The predicted molar refractivity (Wildman–Crippen MR) is 81.8 cm³/mol. The molecular weight excluding hydrogens is 329 g/mol. The fourth-order valence-corrected chi connectivity index (χ4v) is 4.60. The number of hydrogen-bond donors (Lipinski definition) is 1. The largest absolute Gasteiger partial charge is 0.404 e. The molecule has 4 nitrogen and oxygen atoms in total. The van der Waals surface area contributed by atoms with Crippen LogP contribution in [-0.4, -0.2) is 44.9 Å². The van der Waals surface area contributed by atoms with Crippen molar-refractivity contribution in [1.82, 2.24) is 4.90 Å². The SMILES string of the molecule is O=S(=O)(CC(F)(F)F)Nc1cccc([C@@H]2CN3CCC2CC3)c1. The number of piperidine rings is 3. The van der Waals surface area contributed by atoms with Crippen molar-refractivity contribution in [2.75, 3.05) is 30.1 Å². The van der Waals surface area contributed by atoms with Gasteiger partial charge in [-0.2, -0.15) is 13.2 Å². The average molecular weight is 348 g/mol. The molecule has 0 unspecified atom stereocenters. The van der Waals surface area contributed by atoms with E-state index in [9.17, 15) is 21.6 Å². The van der Waals surface area contributed by atoms with Crippen molar-refractivity contribution in [3.63, 3.8) is 0 Å². The molecule has 8 heteroatoms. The summed E-state index contributed by atoms with van der Waals surface area (Å²) in [6.07, 6.45) is -2.51. The van der Waals surface area contributed by atoms with Gasteiger partial charge in [-0.1, -0.05) is 12.1 Å². The first-order valence-electron chi connectivity index (χ1n) is 7.61. The van der Waals surface area contributed by atoms with Crippen LogP contribution in [0.5, 0.6) is 0 Å². The normalized spacial score (nSPS) is 27.9. The number of benzene rings is 1. The number of alkyl halides is 3. The van der Waals surface area contributed by atoms with E-state index in [1.165, 1.54) is 6.07 Å². The Kier molecular flexibility index (Phi) is 4.31. The number of anilines is 1. The van der Waals surface area contributed by atoms with Crippen molar-refractivity contribution >= 4 is 15.7 Å². The van der Waals surface area contributed by atoms with E-state index >= 15 is 0 Å². The number of rotatable bonds is 4. The first kappa shape index (κ1) is 16.6. The number of nitrogens with zero attached hydrogens (tertiary/aromatic N) is 1. The Balaban J connectivity index is 1.75. The first-order valence-corrected chi connectivity index (χ1v) is 9.27. The number of sulfonamides is 1. The van der Waals surface area contributed by atoms with E-state index < -0.39 is 22.0 Å². The van der Waals surface area contributed by atoms with Crippen LogP contribution < -0.4 is 4.72 Å². The van der Waals surface area contributed by atoms with Gasteiger partial charge in [0.2, 0.25) is 10.0 Å². The molecule has 1 N–H and O–H groups in total. The Morgan fingerprint density at radius 2 is 1.91 bits per heavy atom. The Morgan fingerprint density at radius 1 is 1.22 bits per heavy atom. The van der Waals surface area contributed by atoms with Crippen molar-refractivity contribution in [3.8, 4) is 0 Å². The molecule has 3 aliphatic rings. The second-order valence-corrected chi connectivity index (χ2v) is 8.07. The van der Waals surface area contributed by atoms with Crippen molar-refractivity contribution in [2.24, 2.45) is 5.92 Å². The number of hydrogen-bond acceptors (Lipinski definition) is 3. The Bertz CT molecular complexity index is 668. The molecule has 23 heavy (non-hydrogen) atoms. The molecule has 0 amide bonds. The molecule has 3 aliphatic heterocycles. The van der Waals surface area contributed by atoms with Crippen molar-refractivity contribution in [3.05, 3.63) is 29.8 Å². The highest BCUT2D eigenvalue weighted by Gasteiger charge is 2.36. The minimum absolute atomic E-state index is 0.197. The lowest BCUT2D eigenvalue weighted by Crippen LogP contribution is -2.46. The van der Waals surface area contributed by atoms with Crippen LogP contribution in [0.4, 0.5) is 18.9 Å². The monoisotopic (exact) mass is 348 g/mol. The van der Waals surface area contributed by atoms with E-state index in [-0.39, 0.29) is 5.69 Å². The fourth-order valence-electron chi connectivity index (χ4n) is 3.61. The van der Waals surface area contributed by atoms with E-state index in [1.54, 1.807) is 12.1 Å². The van der Waals surface area contributed by atoms with Gasteiger partial charge in [0.15, 0.2) is 5.75 Å². The molecule has 3 fully saturated rings. The molecular formula is C15H19F3N2O2S. The summed E-state index contributed by atoms with van der Waals surface area (Å²) in [5.41, 5.74) is 1.19. The summed E-state index contributed by atoms with van der Waals surface area (Å²) in [5.74, 6) is -0.976. The minimum Gasteiger partial charge on any atom is -0.303 e. The van der Waals surface area contributed by atoms with Crippen LogP contribution >= 0.6 is 0 Å². The summed E-state index contributed by atoms with van der Waals surface area (Å²) in [6, 6.07) is 6.77. The van der Waals surface area contributed by atoms with Crippen LogP contribution in [0.15, 0.2) is 24.3 Å². The molecule has 1 aromatic carbocycles. The standard InChI is InChI=1S/C15H19F3N2O2S/c16-15(17,18)10-23(21,22)19-13-3-1-2-12(8-13)14-9-20-6-4-11(14)5-7-20/h1-3,8,11,14,19H,4-7,9-10H2/t14-/m1/s1. The highest BCUT2D eigenvalue weighted by molar-refractivity contribution is 7.92. The molecule has 2 bridgehead atoms.